The quantitative estimate of drug-likeness (QED) is 0.791. The van der Waals surface area contributed by atoms with E-state index in [0.717, 1.165) is 5.56 Å². The zero-order valence-electron chi connectivity index (χ0n) is 12.0. The van der Waals surface area contributed by atoms with E-state index in [9.17, 15) is 9.18 Å². The van der Waals surface area contributed by atoms with E-state index in [2.05, 4.69) is 0 Å². The topological polar surface area (TPSA) is 35.5 Å². The van der Waals surface area contributed by atoms with Gasteiger partial charge in [-0.1, -0.05) is 30.3 Å². The number of carbonyl (C=O) groups is 1. The minimum atomic E-state index is -0.484. The fourth-order valence-corrected chi connectivity index (χ4v) is 2.34. The molecule has 1 atom stereocenters. The van der Waals surface area contributed by atoms with E-state index in [1.54, 1.807) is 7.11 Å². The zero-order valence-corrected chi connectivity index (χ0v) is 12.0. The Labute approximate surface area is 123 Å². The highest BCUT2D eigenvalue weighted by Crippen LogP contribution is 2.29. The Morgan fingerprint density at radius 2 is 1.86 bits per heavy atom. The molecule has 0 fully saturated rings. The molecule has 0 heterocycles. The summed E-state index contributed by atoms with van der Waals surface area (Å²) in [5.41, 5.74) is 1.87. The van der Waals surface area contributed by atoms with Gasteiger partial charge in [-0.05, 0) is 29.3 Å². The van der Waals surface area contributed by atoms with Gasteiger partial charge in [-0.2, -0.15) is 0 Å². The van der Waals surface area contributed by atoms with Crippen molar-refractivity contribution in [2.24, 2.45) is 0 Å². The second-order valence-electron chi connectivity index (χ2n) is 4.64. The summed E-state index contributed by atoms with van der Waals surface area (Å²) in [4.78, 5) is 11.9. The van der Waals surface area contributed by atoms with Gasteiger partial charge in [0.25, 0.3) is 0 Å². The molecule has 0 amide bonds. The van der Waals surface area contributed by atoms with Crippen LogP contribution in [0.1, 0.15) is 27.4 Å². The lowest BCUT2D eigenvalue weighted by atomic mass is 9.88. The summed E-state index contributed by atoms with van der Waals surface area (Å²) >= 11 is 0. The third-order valence-electron chi connectivity index (χ3n) is 3.33. The second kappa shape index (κ2) is 6.99. The average Bonchev–Trinajstić information content (AvgIpc) is 2.52. The summed E-state index contributed by atoms with van der Waals surface area (Å²) < 4.78 is 23.7. The minimum absolute atomic E-state index is 0.235. The molecule has 1 unspecified atom stereocenters. The number of methoxy groups -OCH3 is 2. The van der Waals surface area contributed by atoms with Crippen LogP contribution in [0.15, 0.2) is 48.5 Å². The summed E-state index contributed by atoms with van der Waals surface area (Å²) in [6.07, 6.45) is 0. The first-order chi connectivity index (χ1) is 10.2. The molecule has 2 aromatic carbocycles. The molecule has 0 saturated carbocycles. The first-order valence-corrected chi connectivity index (χ1v) is 6.59. The molecule has 0 aromatic heterocycles. The Balaban J connectivity index is 2.54. The number of esters is 1. The van der Waals surface area contributed by atoms with Crippen molar-refractivity contribution in [3.63, 3.8) is 0 Å². The second-order valence-corrected chi connectivity index (χ2v) is 4.64. The number of hydrogen-bond acceptors (Lipinski definition) is 3. The molecule has 0 aliphatic heterocycles. The Hall–Kier alpha value is -2.20. The molecule has 2 rings (SSSR count). The molecule has 2 aromatic rings. The van der Waals surface area contributed by atoms with Crippen LogP contribution in [0.2, 0.25) is 0 Å². The monoisotopic (exact) mass is 288 g/mol. The highest BCUT2D eigenvalue weighted by atomic mass is 19.1. The van der Waals surface area contributed by atoms with E-state index in [-0.39, 0.29) is 5.92 Å². The van der Waals surface area contributed by atoms with Gasteiger partial charge >= 0.3 is 5.97 Å². The van der Waals surface area contributed by atoms with Crippen molar-refractivity contribution in [2.75, 3.05) is 20.8 Å². The Morgan fingerprint density at radius 1 is 1.14 bits per heavy atom. The van der Waals surface area contributed by atoms with Crippen LogP contribution in [0.4, 0.5) is 4.39 Å². The molecular formula is C17H17FO3. The maximum absolute atomic E-state index is 13.6. The van der Waals surface area contributed by atoms with Crippen LogP contribution >= 0.6 is 0 Å². The summed E-state index contributed by atoms with van der Waals surface area (Å²) in [6.45, 7) is 0.345. The zero-order chi connectivity index (χ0) is 15.2. The number of ether oxygens (including phenoxy) is 2. The van der Waals surface area contributed by atoms with Crippen LogP contribution in [0.5, 0.6) is 0 Å². The highest BCUT2D eigenvalue weighted by Gasteiger charge is 2.22. The third kappa shape index (κ3) is 3.47. The Kier molecular flexibility index (Phi) is 5.06. The van der Waals surface area contributed by atoms with E-state index in [4.69, 9.17) is 9.47 Å². The van der Waals surface area contributed by atoms with Crippen molar-refractivity contribution < 1.29 is 18.7 Å². The molecule has 4 heteroatoms. The lowest BCUT2D eigenvalue weighted by Gasteiger charge is -2.19. The van der Waals surface area contributed by atoms with Gasteiger partial charge in [-0.15, -0.1) is 0 Å². The molecule has 110 valence electrons. The SMILES string of the molecule is COCC(c1ccccc1)c1cc(F)ccc1C(=O)OC. The van der Waals surface area contributed by atoms with Crippen LogP contribution in [0.25, 0.3) is 0 Å². The van der Waals surface area contributed by atoms with Crippen molar-refractivity contribution in [2.45, 2.75) is 5.92 Å². The van der Waals surface area contributed by atoms with Crippen LogP contribution < -0.4 is 0 Å². The predicted molar refractivity (Wildman–Crippen MR) is 77.9 cm³/mol. The van der Waals surface area contributed by atoms with Crippen molar-refractivity contribution in [3.05, 3.63) is 71.0 Å². The standard InChI is InChI=1S/C17H17FO3/c1-20-11-16(12-6-4-3-5-7-12)15-10-13(18)8-9-14(15)17(19)21-2/h3-10,16H,11H2,1-2H3. The molecular weight excluding hydrogens is 271 g/mol. The van der Waals surface area contributed by atoms with Gasteiger partial charge in [0.1, 0.15) is 5.82 Å². The van der Waals surface area contributed by atoms with Crippen LogP contribution in [-0.4, -0.2) is 26.8 Å². The average molecular weight is 288 g/mol. The van der Waals surface area contributed by atoms with E-state index in [0.29, 0.717) is 17.7 Å². The lowest BCUT2D eigenvalue weighted by molar-refractivity contribution is 0.0598. The number of carbonyl (C=O) groups excluding carboxylic acids is 1. The molecule has 0 N–H and O–H groups in total. The van der Waals surface area contributed by atoms with Gasteiger partial charge in [0, 0.05) is 13.0 Å². The first-order valence-electron chi connectivity index (χ1n) is 6.59. The van der Waals surface area contributed by atoms with E-state index in [1.807, 2.05) is 30.3 Å². The van der Waals surface area contributed by atoms with E-state index >= 15 is 0 Å². The molecule has 0 aliphatic rings. The Morgan fingerprint density at radius 3 is 2.48 bits per heavy atom. The molecule has 0 saturated heterocycles. The lowest BCUT2D eigenvalue weighted by Crippen LogP contribution is -2.14. The molecule has 0 aliphatic carbocycles. The van der Waals surface area contributed by atoms with Crippen molar-refractivity contribution >= 4 is 5.97 Å². The van der Waals surface area contributed by atoms with E-state index in [1.165, 1.54) is 25.3 Å². The largest absolute Gasteiger partial charge is 0.465 e. The van der Waals surface area contributed by atoms with Crippen molar-refractivity contribution in [1.82, 2.24) is 0 Å². The van der Waals surface area contributed by atoms with Gasteiger partial charge < -0.3 is 9.47 Å². The Bertz CT molecular complexity index is 611. The van der Waals surface area contributed by atoms with Crippen LogP contribution in [0.3, 0.4) is 0 Å². The van der Waals surface area contributed by atoms with Crippen LogP contribution in [-0.2, 0) is 9.47 Å². The smallest absolute Gasteiger partial charge is 0.338 e. The van der Waals surface area contributed by atoms with Gasteiger partial charge in [-0.3, -0.25) is 0 Å². The number of halogens is 1. The molecule has 21 heavy (non-hydrogen) atoms. The third-order valence-corrected chi connectivity index (χ3v) is 3.33. The normalized spacial score (nSPS) is 12.0. The van der Waals surface area contributed by atoms with Crippen molar-refractivity contribution in [3.8, 4) is 0 Å². The van der Waals surface area contributed by atoms with Crippen LogP contribution in [0, 0.1) is 5.82 Å². The van der Waals surface area contributed by atoms with Gasteiger partial charge in [0.2, 0.25) is 0 Å². The molecule has 3 nitrogen and oxygen atoms in total. The first kappa shape index (κ1) is 15.2. The summed E-state index contributed by atoms with van der Waals surface area (Å²) in [6, 6.07) is 13.6. The van der Waals surface area contributed by atoms with E-state index < -0.39 is 11.8 Å². The molecule has 0 spiro atoms. The minimum Gasteiger partial charge on any atom is -0.465 e. The molecule has 0 bridgehead atoms. The number of rotatable bonds is 5. The predicted octanol–water partition coefficient (Wildman–Crippen LogP) is 3.39. The number of hydrogen-bond donors (Lipinski definition) is 0. The van der Waals surface area contributed by atoms with Gasteiger partial charge in [0.15, 0.2) is 0 Å². The van der Waals surface area contributed by atoms with Gasteiger partial charge in [-0.25, -0.2) is 9.18 Å². The fourth-order valence-electron chi connectivity index (χ4n) is 2.34. The maximum atomic E-state index is 13.6. The maximum Gasteiger partial charge on any atom is 0.338 e. The summed E-state index contributed by atoms with van der Waals surface area (Å²) in [5.74, 6) is -1.11. The summed E-state index contributed by atoms with van der Waals surface area (Å²) in [7, 11) is 2.89. The van der Waals surface area contributed by atoms with Gasteiger partial charge in [0.05, 0.1) is 19.3 Å². The highest BCUT2D eigenvalue weighted by molar-refractivity contribution is 5.91. The fraction of sp³-hybridized carbons (Fsp3) is 0.235. The number of benzene rings is 2. The van der Waals surface area contributed by atoms with Crippen molar-refractivity contribution in [1.29, 1.82) is 0 Å². The molecule has 0 radical (unpaired) electrons. The summed E-state index contributed by atoms with van der Waals surface area (Å²) in [5, 5.41) is 0.